The van der Waals surface area contributed by atoms with Gasteiger partial charge in [0.25, 0.3) is 5.91 Å². The third kappa shape index (κ3) is 4.23. The predicted molar refractivity (Wildman–Crippen MR) is 71.9 cm³/mol. The van der Waals surface area contributed by atoms with E-state index in [9.17, 15) is 14.4 Å². The van der Waals surface area contributed by atoms with Crippen LogP contribution in [-0.2, 0) is 9.59 Å². The molecule has 1 amide bonds. The van der Waals surface area contributed by atoms with Crippen molar-refractivity contribution in [2.24, 2.45) is 0 Å². The Bertz CT molecular complexity index is 529. The number of aliphatic carboxylic acids is 2. The van der Waals surface area contributed by atoms with Gasteiger partial charge in [-0.2, -0.15) is 0 Å². The normalized spacial score (nSPS) is 9.90. The molecular formula is C12H12BrNO6. The molecule has 1 aromatic rings. The smallest absolute Gasteiger partial charge is 0.323 e. The van der Waals surface area contributed by atoms with E-state index in [2.05, 4.69) is 15.9 Å². The Morgan fingerprint density at radius 2 is 1.75 bits per heavy atom. The molecule has 0 aromatic heterocycles. The lowest BCUT2D eigenvalue weighted by molar-refractivity contribution is -0.140. The van der Waals surface area contributed by atoms with E-state index < -0.39 is 30.9 Å². The van der Waals surface area contributed by atoms with Crippen molar-refractivity contribution >= 4 is 33.8 Å². The number of halogens is 1. The molecule has 0 unspecified atom stereocenters. The fourth-order valence-corrected chi connectivity index (χ4v) is 2.05. The minimum absolute atomic E-state index is 0.167. The highest BCUT2D eigenvalue weighted by molar-refractivity contribution is 9.10. The number of hydrogen-bond acceptors (Lipinski definition) is 4. The second kappa shape index (κ2) is 6.90. The van der Waals surface area contributed by atoms with Gasteiger partial charge in [0.1, 0.15) is 18.8 Å². The minimum atomic E-state index is -1.29. The number of carboxylic acid groups (broad SMARTS) is 2. The largest absolute Gasteiger partial charge is 0.496 e. The maximum atomic E-state index is 12.1. The van der Waals surface area contributed by atoms with Gasteiger partial charge in [-0.1, -0.05) is 0 Å². The average molecular weight is 346 g/mol. The standard InChI is InChI=1S/C12H12BrNO6/c1-20-9-3-2-7(4-8(9)13)12(19)14(5-10(15)16)6-11(17)18/h2-4H,5-6H2,1H3,(H,15,16)(H,17,18). The van der Waals surface area contributed by atoms with E-state index >= 15 is 0 Å². The first-order valence-electron chi connectivity index (χ1n) is 5.41. The first-order chi connectivity index (χ1) is 9.35. The zero-order valence-corrected chi connectivity index (χ0v) is 12.1. The second-order valence-corrected chi connectivity index (χ2v) is 4.65. The second-order valence-electron chi connectivity index (χ2n) is 3.80. The van der Waals surface area contributed by atoms with E-state index in [1.54, 1.807) is 0 Å². The number of carbonyl (C=O) groups is 3. The number of rotatable bonds is 6. The third-order valence-corrected chi connectivity index (χ3v) is 2.96. The van der Waals surface area contributed by atoms with Gasteiger partial charge in [0.15, 0.2) is 0 Å². The summed E-state index contributed by atoms with van der Waals surface area (Å²) in [6.45, 7) is -1.37. The fourth-order valence-electron chi connectivity index (χ4n) is 1.51. The molecule has 0 bridgehead atoms. The third-order valence-electron chi connectivity index (χ3n) is 2.34. The maximum Gasteiger partial charge on any atom is 0.323 e. The van der Waals surface area contributed by atoms with E-state index in [0.29, 0.717) is 10.2 Å². The lowest BCUT2D eigenvalue weighted by Crippen LogP contribution is -2.39. The maximum absolute atomic E-state index is 12.1. The van der Waals surface area contributed by atoms with Crippen LogP contribution >= 0.6 is 15.9 Å². The van der Waals surface area contributed by atoms with E-state index in [1.165, 1.54) is 25.3 Å². The Balaban J connectivity index is 3.01. The first kappa shape index (κ1) is 16.0. The Kier molecular flexibility index (Phi) is 5.51. The van der Waals surface area contributed by atoms with Crippen molar-refractivity contribution in [3.63, 3.8) is 0 Å². The van der Waals surface area contributed by atoms with Gasteiger partial charge >= 0.3 is 11.9 Å². The molecule has 108 valence electrons. The Morgan fingerprint density at radius 1 is 1.20 bits per heavy atom. The SMILES string of the molecule is COc1ccc(C(=O)N(CC(=O)O)CC(=O)O)cc1Br. The highest BCUT2D eigenvalue weighted by Crippen LogP contribution is 2.26. The van der Waals surface area contributed by atoms with Crippen LogP contribution in [0.25, 0.3) is 0 Å². The molecule has 0 atom stereocenters. The van der Waals surface area contributed by atoms with E-state index in [-0.39, 0.29) is 5.56 Å². The number of carboxylic acids is 2. The summed E-state index contributed by atoms with van der Waals surface area (Å²) in [5, 5.41) is 17.4. The van der Waals surface area contributed by atoms with Crippen molar-refractivity contribution < 1.29 is 29.3 Å². The molecule has 1 aromatic carbocycles. The highest BCUT2D eigenvalue weighted by atomic mass is 79.9. The van der Waals surface area contributed by atoms with Crippen LogP contribution in [0.5, 0.6) is 5.75 Å². The average Bonchev–Trinajstić information content (AvgIpc) is 2.35. The summed E-state index contributed by atoms with van der Waals surface area (Å²) in [6.07, 6.45) is 0. The van der Waals surface area contributed by atoms with Crippen molar-refractivity contribution in [3.8, 4) is 5.75 Å². The highest BCUT2D eigenvalue weighted by Gasteiger charge is 2.21. The molecule has 7 nitrogen and oxygen atoms in total. The van der Waals surface area contributed by atoms with Crippen LogP contribution in [0.4, 0.5) is 0 Å². The summed E-state index contributed by atoms with van der Waals surface area (Å²) < 4.78 is 5.52. The monoisotopic (exact) mass is 345 g/mol. The van der Waals surface area contributed by atoms with Crippen molar-refractivity contribution in [2.75, 3.05) is 20.2 Å². The summed E-state index contributed by atoms with van der Waals surface area (Å²) >= 11 is 3.20. The van der Waals surface area contributed by atoms with Gasteiger partial charge in [0, 0.05) is 5.56 Å². The molecule has 1 rings (SSSR count). The molecule has 0 spiro atoms. The summed E-state index contributed by atoms with van der Waals surface area (Å²) in [6, 6.07) is 4.40. The predicted octanol–water partition coefficient (Wildman–Crippen LogP) is 1.07. The molecule has 0 fully saturated rings. The van der Waals surface area contributed by atoms with Gasteiger partial charge < -0.3 is 19.8 Å². The Labute approximate surface area is 122 Å². The molecule has 0 saturated heterocycles. The topological polar surface area (TPSA) is 104 Å². The summed E-state index contributed by atoms with van der Waals surface area (Å²) in [7, 11) is 1.46. The number of benzene rings is 1. The number of ether oxygens (including phenoxy) is 1. The van der Waals surface area contributed by atoms with Crippen molar-refractivity contribution in [2.45, 2.75) is 0 Å². The fraction of sp³-hybridized carbons (Fsp3) is 0.250. The van der Waals surface area contributed by atoms with Gasteiger partial charge in [-0.3, -0.25) is 14.4 Å². The van der Waals surface area contributed by atoms with E-state index in [1.807, 2.05) is 0 Å². The number of hydrogen-bond donors (Lipinski definition) is 2. The molecule has 20 heavy (non-hydrogen) atoms. The van der Waals surface area contributed by atoms with Crippen molar-refractivity contribution in [1.82, 2.24) is 4.90 Å². The van der Waals surface area contributed by atoms with E-state index in [4.69, 9.17) is 14.9 Å². The zero-order chi connectivity index (χ0) is 15.3. The van der Waals surface area contributed by atoms with Crippen LogP contribution in [0.1, 0.15) is 10.4 Å². The number of carbonyl (C=O) groups excluding carboxylic acids is 1. The van der Waals surface area contributed by atoms with Gasteiger partial charge in [-0.25, -0.2) is 0 Å². The van der Waals surface area contributed by atoms with Crippen molar-refractivity contribution in [1.29, 1.82) is 0 Å². The molecule has 0 aliphatic carbocycles. The van der Waals surface area contributed by atoms with Crippen LogP contribution in [0.3, 0.4) is 0 Å². The molecule has 0 saturated carbocycles. The summed E-state index contributed by atoms with van der Waals surface area (Å²) in [5.41, 5.74) is 0.167. The lowest BCUT2D eigenvalue weighted by atomic mass is 10.2. The van der Waals surface area contributed by atoms with Crippen LogP contribution in [-0.4, -0.2) is 53.2 Å². The van der Waals surface area contributed by atoms with E-state index in [0.717, 1.165) is 4.90 Å². The van der Waals surface area contributed by atoms with Crippen LogP contribution < -0.4 is 4.74 Å². The molecule has 2 N–H and O–H groups in total. The van der Waals surface area contributed by atoms with Gasteiger partial charge in [-0.15, -0.1) is 0 Å². The molecule has 0 heterocycles. The first-order valence-corrected chi connectivity index (χ1v) is 6.21. The van der Waals surface area contributed by atoms with Crippen LogP contribution in [0.15, 0.2) is 22.7 Å². The molecule has 0 aliphatic rings. The van der Waals surface area contributed by atoms with Crippen LogP contribution in [0.2, 0.25) is 0 Å². The molecule has 8 heteroatoms. The number of nitrogens with zero attached hydrogens (tertiary/aromatic N) is 1. The number of methoxy groups -OCH3 is 1. The summed E-state index contributed by atoms with van der Waals surface area (Å²) in [4.78, 5) is 34.2. The van der Waals surface area contributed by atoms with Gasteiger partial charge in [0.2, 0.25) is 0 Å². The number of amides is 1. The van der Waals surface area contributed by atoms with Crippen molar-refractivity contribution in [3.05, 3.63) is 28.2 Å². The zero-order valence-electron chi connectivity index (χ0n) is 10.5. The molecular weight excluding hydrogens is 334 g/mol. The van der Waals surface area contributed by atoms with Gasteiger partial charge in [0.05, 0.1) is 11.6 Å². The quantitative estimate of drug-likeness (QED) is 0.799. The van der Waals surface area contributed by atoms with Crippen LogP contribution in [0, 0.1) is 0 Å². The molecule has 0 aliphatic heterocycles. The summed E-state index contributed by atoms with van der Waals surface area (Å²) in [5.74, 6) is -2.75. The van der Waals surface area contributed by atoms with Gasteiger partial charge in [-0.05, 0) is 34.1 Å². The lowest BCUT2D eigenvalue weighted by Gasteiger charge is -2.18. The minimum Gasteiger partial charge on any atom is -0.496 e. The molecule has 0 radical (unpaired) electrons. The Hall–Kier alpha value is -2.09. The Morgan fingerprint density at radius 3 is 2.15 bits per heavy atom.